The van der Waals surface area contributed by atoms with E-state index < -0.39 is 0 Å². The van der Waals surface area contributed by atoms with Gasteiger partial charge in [-0.25, -0.2) is 9.97 Å². The second kappa shape index (κ2) is 6.22. The number of nitrogens with zero attached hydrogens (tertiary/aromatic N) is 4. The Morgan fingerprint density at radius 1 is 1.23 bits per heavy atom. The van der Waals surface area contributed by atoms with Crippen molar-refractivity contribution in [2.45, 2.75) is 12.8 Å². The maximum absolute atomic E-state index is 12.2. The lowest BCUT2D eigenvalue weighted by molar-refractivity contribution is 0.102. The van der Waals surface area contributed by atoms with E-state index in [-0.39, 0.29) is 5.91 Å². The van der Waals surface area contributed by atoms with E-state index in [9.17, 15) is 4.79 Å². The van der Waals surface area contributed by atoms with E-state index in [1.807, 2.05) is 6.07 Å². The van der Waals surface area contributed by atoms with Crippen LogP contribution in [0.3, 0.4) is 0 Å². The van der Waals surface area contributed by atoms with E-state index in [0.29, 0.717) is 22.8 Å². The van der Waals surface area contributed by atoms with Crippen LogP contribution in [-0.4, -0.2) is 29.0 Å². The first-order valence-electron chi connectivity index (χ1n) is 7.15. The van der Waals surface area contributed by atoms with E-state index in [4.69, 9.17) is 5.26 Å². The van der Waals surface area contributed by atoms with Crippen molar-refractivity contribution in [3.05, 3.63) is 47.8 Å². The highest BCUT2D eigenvalue weighted by Crippen LogP contribution is 2.16. The predicted molar refractivity (Wildman–Crippen MR) is 82.6 cm³/mol. The fourth-order valence-electron chi connectivity index (χ4n) is 2.39. The third-order valence-electron chi connectivity index (χ3n) is 3.54. The maximum atomic E-state index is 12.2. The number of rotatable bonds is 3. The minimum absolute atomic E-state index is 0.289. The highest BCUT2D eigenvalue weighted by molar-refractivity contribution is 6.03. The van der Waals surface area contributed by atoms with Crippen LogP contribution in [-0.2, 0) is 0 Å². The van der Waals surface area contributed by atoms with E-state index in [0.717, 1.165) is 25.9 Å². The Balaban J connectivity index is 1.70. The molecule has 0 bridgehead atoms. The molecule has 1 aromatic carbocycles. The fraction of sp³-hybridized carbons (Fsp3) is 0.250. The summed E-state index contributed by atoms with van der Waals surface area (Å²) in [5.41, 5.74) is 1.47. The Kier molecular flexibility index (Phi) is 3.97. The number of hydrogen-bond acceptors (Lipinski definition) is 5. The number of amides is 1. The van der Waals surface area contributed by atoms with Gasteiger partial charge in [-0.15, -0.1) is 0 Å². The monoisotopic (exact) mass is 293 g/mol. The molecule has 0 saturated carbocycles. The number of nitriles is 1. The third kappa shape index (κ3) is 3.04. The summed E-state index contributed by atoms with van der Waals surface area (Å²) in [6, 6.07) is 8.80. The lowest BCUT2D eigenvalue weighted by Crippen LogP contribution is -2.21. The van der Waals surface area contributed by atoms with E-state index in [1.165, 1.54) is 12.4 Å². The van der Waals surface area contributed by atoms with E-state index >= 15 is 0 Å². The summed E-state index contributed by atoms with van der Waals surface area (Å²) in [5, 5.41) is 11.6. The molecule has 0 aliphatic carbocycles. The van der Waals surface area contributed by atoms with Crippen molar-refractivity contribution in [1.82, 2.24) is 9.97 Å². The second-order valence-corrected chi connectivity index (χ2v) is 5.11. The van der Waals surface area contributed by atoms with Gasteiger partial charge in [0.25, 0.3) is 5.91 Å². The van der Waals surface area contributed by atoms with Gasteiger partial charge in [0, 0.05) is 31.2 Å². The molecule has 6 heteroatoms. The van der Waals surface area contributed by atoms with Gasteiger partial charge < -0.3 is 10.2 Å². The summed E-state index contributed by atoms with van der Waals surface area (Å²) in [5.74, 6) is 0.378. The van der Waals surface area contributed by atoms with Crippen LogP contribution in [0, 0.1) is 11.3 Å². The zero-order valence-electron chi connectivity index (χ0n) is 12.0. The highest BCUT2D eigenvalue weighted by atomic mass is 16.1. The molecule has 0 unspecified atom stereocenters. The smallest absolute Gasteiger partial charge is 0.258 e. The summed E-state index contributed by atoms with van der Waals surface area (Å²) in [4.78, 5) is 22.8. The number of hydrogen-bond donors (Lipinski definition) is 1. The van der Waals surface area contributed by atoms with Crippen molar-refractivity contribution in [1.29, 1.82) is 5.26 Å². The van der Waals surface area contributed by atoms with Crippen molar-refractivity contribution >= 4 is 17.5 Å². The molecule has 1 saturated heterocycles. The molecule has 110 valence electrons. The van der Waals surface area contributed by atoms with E-state index in [1.54, 1.807) is 24.3 Å². The molecule has 3 rings (SSSR count). The van der Waals surface area contributed by atoms with E-state index in [2.05, 4.69) is 20.2 Å². The van der Waals surface area contributed by atoms with Crippen LogP contribution in [0.25, 0.3) is 0 Å². The molecule has 0 atom stereocenters. The Bertz CT molecular complexity index is 714. The molecule has 1 N–H and O–H groups in total. The number of aromatic nitrogens is 2. The minimum atomic E-state index is -0.289. The predicted octanol–water partition coefficient (Wildman–Crippen LogP) is 2.20. The van der Waals surface area contributed by atoms with Gasteiger partial charge in [0.1, 0.15) is 0 Å². The molecule has 6 nitrogen and oxygen atoms in total. The first-order chi connectivity index (χ1) is 10.8. The molecule has 0 spiro atoms. The molecule has 22 heavy (non-hydrogen) atoms. The lowest BCUT2D eigenvalue weighted by Gasteiger charge is -2.14. The van der Waals surface area contributed by atoms with Gasteiger partial charge in [-0.1, -0.05) is 6.07 Å². The van der Waals surface area contributed by atoms with Crippen LogP contribution in [0.5, 0.6) is 0 Å². The third-order valence-corrected chi connectivity index (χ3v) is 3.54. The van der Waals surface area contributed by atoms with Gasteiger partial charge in [0.15, 0.2) is 0 Å². The highest BCUT2D eigenvalue weighted by Gasteiger charge is 2.15. The molecular weight excluding hydrogens is 278 g/mol. The van der Waals surface area contributed by atoms with Crippen LogP contribution in [0.15, 0.2) is 36.7 Å². The maximum Gasteiger partial charge on any atom is 0.258 e. The van der Waals surface area contributed by atoms with Crippen molar-refractivity contribution in [2.24, 2.45) is 0 Å². The fourth-order valence-corrected chi connectivity index (χ4v) is 2.39. The van der Waals surface area contributed by atoms with Gasteiger partial charge >= 0.3 is 0 Å². The molecule has 1 aliphatic rings. The molecule has 2 aromatic rings. The molecule has 1 aromatic heterocycles. The summed E-state index contributed by atoms with van der Waals surface area (Å²) >= 11 is 0. The zero-order chi connectivity index (χ0) is 15.4. The summed E-state index contributed by atoms with van der Waals surface area (Å²) in [6.07, 6.45) is 5.37. The normalized spacial score (nSPS) is 13.7. The Morgan fingerprint density at radius 3 is 2.64 bits per heavy atom. The second-order valence-electron chi connectivity index (χ2n) is 5.11. The van der Waals surface area contributed by atoms with Crippen molar-refractivity contribution in [2.75, 3.05) is 23.3 Å². The Labute approximate surface area is 128 Å². The van der Waals surface area contributed by atoms with Crippen molar-refractivity contribution < 1.29 is 4.79 Å². The SMILES string of the molecule is N#Cc1cccc(NC(=O)c2cnc(N3CCCC3)nc2)c1. The molecule has 1 aliphatic heterocycles. The molecule has 1 amide bonds. The number of carbonyl (C=O) groups excluding carboxylic acids is 1. The summed E-state index contributed by atoms with van der Waals surface area (Å²) < 4.78 is 0. The Hall–Kier alpha value is -2.94. The van der Waals surface area contributed by atoms with Crippen LogP contribution >= 0.6 is 0 Å². The van der Waals surface area contributed by atoms with Crippen LogP contribution < -0.4 is 10.2 Å². The average Bonchev–Trinajstić information content (AvgIpc) is 3.09. The standard InChI is InChI=1S/C16H15N5O/c17-9-12-4-3-5-14(8-12)20-15(22)13-10-18-16(19-11-13)21-6-1-2-7-21/h3-5,8,10-11H,1-2,6-7H2,(H,20,22). The largest absolute Gasteiger partial charge is 0.341 e. The van der Waals surface area contributed by atoms with Crippen LogP contribution in [0.4, 0.5) is 11.6 Å². The minimum Gasteiger partial charge on any atom is -0.341 e. The van der Waals surface area contributed by atoms with Gasteiger partial charge in [-0.05, 0) is 31.0 Å². The zero-order valence-corrected chi connectivity index (χ0v) is 12.0. The van der Waals surface area contributed by atoms with Crippen molar-refractivity contribution in [3.8, 4) is 6.07 Å². The van der Waals surface area contributed by atoms with Crippen LogP contribution in [0.1, 0.15) is 28.8 Å². The lowest BCUT2D eigenvalue weighted by atomic mass is 10.2. The number of carbonyl (C=O) groups is 1. The van der Waals surface area contributed by atoms with Gasteiger partial charge in [-0.2, -0.15) is 5.26 Å². The number of benzene rings is 1. The summed E-state index contributed by atoms with van der Waals surface area (Å²) in [6.45, 7) is 1.93. The number of nitrogens with one attached hydrogen (secondary N) is 1. The quantitative estimate of drug-likeness (QED) is 0.938. The Morgan fingerprint density at radius 2 is 1.95 bits per heavy atom. The van der Waals surface area contributed by atoms with Crippen LogP contribution in [0.2, 0.25) is 0 Å². The number of anilines is 2. The first kappa shape index (κ1) is 14.0. The van der Waals surface area contributed by atoms with Gasteiger partial charge in [-0.3, -0.25) is 4.79 Å². The van der Waals surface area contributed by atoms with Gasteiger partial charge in [0.2, 0.25) is 5.95 Å². The molecule has 0 radical (unpaired) electrons. The van der Waals surface area contributed by atoms with Crippen molar-refractivity contribution in [3.63, 3.8) is 0 Å². The molecular formula is C16H15N5O. The summed E-state index contributed by atoms with van der Waals surface area (Å²) in [7, 11) is 0. The average molecular weight is 293 g/mol. The molecule has 1 fully saturated rings. The first-order valence-corrected chi connectivity index (χ1v) is 7.15. The molecule has 2 heterocycles. The van der Waals surface area contributed by atoms with Gasteiger partial charge in [0.05, 0.1) is 17.2 Å². The topological polar surface area (TPSA) is 81.9 Å².